The number of fused-ring (bicyclic) bond motifs is 2. The van der Waals surface area contributed by atoms with Gasteiger partial charge in [0.15, 0.2) is 0 Å². The molecule has 2 fully saturated rings. The molecule has 1 saturated heterocycles. The number of hydrogen-bond acceptors (Lipinski definition) is 7. The van der Waals surface area contributed by atoms with Gasteiger partial charge in [0.25, 0.3) is 0 Å². The van der Waals surface area contributed by atoms with Gasteiger partial charge in [-0.3, -0.25) is 9.59 Å². The normalized spacial score (nSPS) is 33.4. The number of nitrogens with zero attached hydrogens (tertiary/aromatic N) is 1. The Morgan fingerprint density at radius 1 is 1.24 bits per heavy atom. The van der Waals surface area contributed by atoms with Gasteiger partial charge < -0.3 is 30.1 Å². The zero-order valence-corrected chi connectivity index (χ0v) is 20.5. The van der Waals surface area contributed by atoms with E-state index in [4.69, 9.17) is 9.47 Å². The third-order valence-corrected chi connectivity index (χ3v) is 6.50. The summed E-state index contributed by atoms with van der Waals surface area (Å²) in [6, 6.07) is -1.85. The van der Waals surface area contributed by atoms with Gasteiger partial charge in [-0.2, -0.15) is 0 Å². The lowest BCUT2D eigenvalue weighted by atomic mass is 10.0. The van der Waals surface area contributed by atoms with E-state index in [2.05, 4.69) is 10.6 Å². The van der Waals surface area contributed by atoms with Crippen molar-refractivity contribution in [3.63, 3.8) is 0 Å². The summed E-state index contributed by atoms with van der Waals surface area (Å²) in [5.41, 5.74) is -1.88. The summed E-state index contributed by atoms with van der Waals surface area (Å²) in [4.78, 5) is 53.0. The summed E-state index contributed by atoms with van der Waals surface area (Å²) >= 11 is 0. The number of allylic oxidation sites excluding steroid dienone is 1. The lowest BCUT2D eigenvalue weighted by Crippen LogP contribution is -2.56. The SMILES string of the molecule is COC(=O)[C@@]12CC1/C=C\CCCCC[C@H](NC(=O)OC(C)(C)C)C(=O)N1C[C@@H](O)C[C@H]1C(=O)N2. The van der Waals surface area contributed by atoms with Gasteiger partial charge in [0.2, 0.25) is 11.8 Å². The average molecular weight is 480 g/mol. The van der Waals surface area contributed by atoms with Crippen LogP contribution in [0.15, 0.2) is 12.2 Å². The van der Waals surface area contributed by atoms with Crippen LogP contribution in [0.25, 0.3) is 0 Å². The van der Waals surface area contributed by atoms with Crippen LogP contribution in [-0.4, -0.2) is 76.9 Å². The highest BCUT2D eigenvalue weighted by atomic mass is 16.6. The molecule has 0 aromatic rings. The van der Waals surface area contributed by atoms with Crippen molar-refractivity contribution < 1.29 is 33.8 Å². The van der Waals surface area contributed by atoms with E-state index in [9.17, 15) is 24.3 Å². The Balaban J connectivity index is 1.84. The second-order valence-corrected chi connectivity index (χ2v) is 10.4. The first-order valence-corrected chi connectivity index (χ1v) is 12.0. The predicted octanol–water partition coefficient (Wildman–Crippen LogP) is 1.41. The van der Waals surface area contributed by atoms with Crippen molar-refractivity contribution >= 4 is 23.9 Å². The van der Waals surface area contributed by atoms with E-state index in [0.717, 1.165) is 19.3 Å². The van der Waals surface area contributed by atoms with E-state index in [-0.39, 0.29) is 18.9 Å². The van der Waals surface area contributed by atoms with Gasteiger partial charge in [0, 0.05) is 18.9 Å². The van der Waals surface area contributed by atoms with Gasteiger partial charge in [-0.1, -0.05) is 25.0 Å². The van der Waals surface area contributed by atoms with E-state index in [1.165, 1.54) is 12.0 Å². The van der Waals surface area contributed by atoms with E-state index in [1.54, 1.807) is 20.8 Å². The molecule has 3 rings (SSSR count). The van der Waals surface area contributed by atoms with Crippen molar-refractivity contribution in [3.8, 4) is 0 Å². The molecule has 190 valence electrons. The molecule has 0 bridgehead atoms. The minimum absolute atomic E-state index is 0.0298. The first kappa shape index (κ1) is 26.0. The highest BCUT2D eigenvalue weighted by Crippen LogP contribution is 2.46. The smallest absolute Gasteiger partial charge is 0.408 e. The molecule has 5 atom stereocenters. The molecule has 3 amide bonds. The third kappa shape index (κ3) is 6.08. The second-order valence-electron chi connectivity index (χ2n) is 10.4. The highest BCUT2D eigenvalue weighted by Gasteiger charge is 2.62. The number of carbonyl (C=O) groups excluding carboxylic acids is 4. The number of aliphatic hydroxyl groups is 1. The zero-order valence-electron chi connectivity index (χ0n) is 20.5. The Kier molecular flexibility index (Phi) is 7.90. The van der Waals surface area contributed by atoms with Crippen molar-refractivity contribution in [3.05, 3.63) is 12.2 Å². The number of methoxy groups -OCH3 is 1. The molecule has 10 heteroatoms. The van der Waals surface area contributed by atoms with Gasteiger partial charge >= 0.3 is 12.1 Å². The molecular weight excluding hydrogens is 442 g/mol. The molecule has 1 unspecified atom stereocenters. The topological polar surface area (TPSA) is 134 Å². The number of rotatable bonds is 2. The number of carbonyl (C=O) groups is 4. The van der Waals surface area contributed by atoms with Crippen molar-refractivity contribution in [2.75, 3.05) is 13.7 Å². The monoisotopic (exact) mass is 479 g/mol. The molecule has 0 radical (unpaired) electrons. The van der Waals surface area contributed by atoms with Gasteiger partial charge in [0.1, 0.15) is 23.2 Å². The lowest BCUT2D eigenvalue weighted by molar-refractivity contribution is -0.148. The van der Waals surface area contributed by atoms with Crippen molar-refractivity contribution in [2.45, 2.75) is 95.0 Å². The Morgan fingerprint density at radius 3 is 2.65 bits per heavy atom. The van der Waals surface area contributed by atoms with E-state index in [0.29, 0.717) is 19.3 Å². The summed E-state index contributed by atoms with van der Waals surface area (Å²) in [5.74, 6) is -1.67. The van der Waals surface area contributed by atoms with Crippen LogP contribution in [0.4, 0.5) is 4.79 Å². The van der Waals surface area contributed by atoms with Crippen molar-refractivity contribution in [1.29, 1.82) is 0 Å². The number of alkyl carbamates (subject to hydrolysis) is 1. The van der Waals surface area contributed by atoms with Crippen LogP contribution in [0.3, 0.4) is 0 Å². The Labute approximate surface area is 200 Å². The number of hydrogen-bond donors (Lipinski definition) is 3. The van der Waals surface area contributed by atoms with E-state index in [1.807, 2.05) is 12.2 Å². The number of nitrogens with one attached hydrogen (secondary N) is 2. The molecule has 1 aliphatic carbocycles. The van der Waals surface area contributed by atoms with Crippen LogP contribution < -0.4 is 10.6 Å². The van der Waals surface area contributed by atoms with Gasteiger partial charge in [-0.05, 0) is 46.5 Å². The Hall–Kier alpha value is -2.62. The minimum Gasteiger partial charge on any atom is -0.467 e. The predicted molar refractivity (Wildman–Crippen MR) is 123 cm³/mol. The zero-order chi connectivity index (χ0) is 25.1. The van der Waals surface area contributed by atoms with E-state index < -0.39 is 53.2 Å². The standard InChI is InChI=1S/C24H37N3O7/c1-23(2,3)34-22(32)25-17-11-9-7-5-6-8-10-15-13-24(15,21(31)33-4)26-19(29)18-12-16(28)14-27(18)20(17)30/h8,10,15-18,28H,5-7,9,11-14H2,1-4H3,(H,25,32)(H,26,29)/b10-8-/t15?,16-,17-,18-,24+/m0/s1. The van der Waals surface area contributed by atoms with Gasteiger partial charge in [0.05, 0.1) is 13.2 Å². The fraction of sp³-hybridized carbons (Fsp3) is 0.750. The van der Waals surface area contributed by atoms with E-state index >= 15 is 0 Å². The van der Waals surface area contributed by atoms with Crippen molar-refractivity contribution in [2.24, 2.45) is 5.92 Å². The highest BCUT2D eigenvalue weighted by molar-refractivity contribution is 5.96. The Bertz CT molecular complexity index is 837. The molecule has 10 nitrogen and oxygen atoms in total. The van der Waals surface area contributed by atoms with Crippen LogP contribution in [0.5, 0.6) is 0 Å². The maximum atomic E-state index is 13.5. The minimum atomic E-state index is -1.15. The first-order valence-electron chi connectivity index (χ1n) is 12.0. The van der Waals surface area contributed by atoms with Crippen LogP contribution in [0, 0.1) is 5.92 Å². The average Bonchev–Trinajstić information content (AvgIpc) is 3.29. The number of amides is 3. The number of aliphatic hydroxyl groups excluding tert-OH is 1. The molecule has 3 aliphatic rings. The van der Waals surface area contributed by atoms with Crippen molar-refractivity contribution in [1.82, 2.24) is 15.5 Å². The molecule has 0 aromatic carbocycles. The molecule has 1 saturated carbocycles. The van der Waals surface area contributed by atoms with Crippen LogP contribution in [-0.2, 0) is 23.9 Å². The van der Waals surface area contributed by atoms with Gasteiger partial charge in [-0.15, -0.1) is 0 Å². The fourth-order valence-corrected chi connectivity index (χ4v) is 4.70. The molecular formula is C24H37N3O7. The van der Waals surface area contributed by atoms with Crippen LogP contribution >= 0.6 is 0 Å². The lowest BCUT2D eigenvalue weighted by Gasteiger charge is -2.30. The number of ether oxygens (including phenoxy) is 2. The first-order chi connectivity index (χ1) is 16.0. The quantitative estimate of drug-likeness (QED) is 0.403. The molecule has 34 heavy (non-hydrogen) atoms. The molecule has 0 aromatic heterocycles. The van der Waals surface area contributed by atoms with Crippen LogP contribution in [0.2, 0.25) is 0 Å². The summed E-state index contributed by atoms with van der Waals surface area (Å²) < 4.78 is 10.3. The molecule has 0 spiro atoms. The largest absolute Gasteiger partial charge is 0.467 e. The fourth-order valence-electron chi connectivity index (χ4n) is 4.70. The Morgan fingerprint density at radius 2 is 1.97 bits per heavy atom. The van der Waals surface area contributed by atoms with Crippen LogP contribution in [0.1, 0.15) is 65.7 Å². The maximum Gasteiger partial charge on any atom is 0.408 e. The summed E-state index contributed by atoms with van der Waals surface area (Å²) in [6.45, 7) is 5.17. The summed E-state index contributed by atoms with van der Waals surface area (Å²) in [7, 11) is 1.28. The third-order valence-electron chi connectivity index (χ3n) is 6.50. The molecule has 3 N–H and O–H groups in total. The number of esters is 1. The van der Waals surface area contributed by atoms with Gasteiger partial charge in [-0.25, -0.2) is 9.59 Å². The molecule has 2 aliphatic heterocycles. The summed E-state index contributed by atoms with van der Waals surface area (Å²) in [5, 5.41) is 15.7. The second kappa shape index (κ2) is 10.3. The molecule has 2 heterocycles. The maximum absolute atomic E-state index is 13.5. The summed E-state index contributed by atoms with van der Waals surface area (Å²) in [6.07, 6.45) is 6.45.